The molecule has 3 aliphatic rings. The van der Waals surface area contributed by atoms with Crippen LogP contribution in [0.25, 0.3) is 0 Å². The highest BCUT2D eigenvalue weighted by atomic mass is 32.2. The van der Waals surface area contributed by atoms with E-state index in [1.807, 2.05) is 11.8 Å². The second-order valence-electron chi connectivity index (χ2n) is 5.82. The fourth-order valence-electron chi connectivity index (χ4n) is 3.83. The molecule has 2 aliphatic carbocycles. The molecule has 0 aromatic heterocycles. The summed E-state index contributed by atoms with van der Waals surface area (Å²) in [5, 5.41) is 5.00. The van der Waals surface area contributed by atoms with Gasteiger partial charge in [-0.05, 0) is 56.7 Å². The molecule has 1 heterocycles. The lowest BCUT2D eigenvalue weighted by Gasteiger charge is -2.39. The third-order valence-electron chi connectivity index (χ3n) is 4.66. The van der Waals surface area contributed by atoms with Gasteiger partial charge in [-0.1, -0.05) is 13.3 Å². The highest BCUT2D eigenvalue weighted by molar-refractivity contribution is 8.13. The van der Waals surface area contributed by atoms with Crippen molar-refractivity contribution in [2.75, 3.05) is 5.75 Å². The summed E-state index contributed by atoms with van der Waals surface area (Å²) in [6, 6.07) is 0. The Labute approximate surface area is 115 Å². The Hall–Kier alpha value is -0.440. The standard InChI is InChI=1S/C15H24N2S/c1-2-18-14-16-13-9-5-4-8-12(13)15(17-14)10-6-3-7-11-15/h2-11H2,1H3,(H,16,17)/p+1. The molecule has 0 amide bonds. The van der Waals surface area contributed by atoms with Crippen molar-refractivity contribution >= 4 is 16.9 Å². The van der Waals surface area contributed by atoms with Gasteiger partial charge < -0.3 is 0 Å². The molecule has 1 aliphatic heterocycles. The number of thioether (sulfide) groups is 1. The van der Waals surface area contributed by atoms with Gasteiger partial charge >= 0.3 is 5.17 Å². The van der Waals surface area contributed by atoms with Crippen LogP contribution < -0.4 is 10.3 Å². The first-order chi connectivity index (χ1) is 8.84. The number of nitrogens with one attached hydrogen (secondary N) is 2. The smallest absolute Gasteiger partial charge is 0.259 e. The van der Waals surface area contributed by atoms with Crippen LogP contribution in [0.1, 0.15) is 64.7 Å². The van der Waals surface area contributed by atoms with E-state index >= 15 is 0 Å². The zero-order valence-corrected chi connectivity index (χ0v) is 12.3. The quantitative estimate of drug-likeness (QED) is 0.761. The average molecular weight is 265 g/mol. The van der Waals surface area contributed by atoms with Gasteiger partial charge in [0.05, 0.1) is 0 Å². The Morgan fingerprint density at radius 3 is 2.67 bits per heavy atom. The molecule has 0 unspecified atom stereocenters. The van der Waals surface area contributed by atoms with E-state index in [0.29, 0.717) is 5.54 Å². The maximum Gasteiger partial charge on any atom is 0.309 e. The molecule has 2 N–H and O–H groups in total. The third-order valence-corrected chi connectivity index (χ3v) is 5.44. The van der Waals surface area contributed by atoms with Gasteiger partial charge in [0.2, 0.25) is 0 Å². The summed E-state index contributed by atoms with van der Waals surface area (Å²) in [5.41, 5.74) is 3.63. The van der Waals surface area contributed by atoms with E-state index in [1.54, 1.807) is 11.3 Å². The summed E-state index contributed by atoms with van der Waals surface area (Å²) < 4.78 is 0. The summed E-state index contributed by atoms with van der Waals surface area (Å²) in [7, 11) is 0. The van der Waals surface area contributed by atoms with E-state index in [-0.39, 0.29) is 0 Å². The monoisotopic (exact) mass is 265 g/mol. The van der Waals surface area contributed by atoms with Crippen LogP contribution in [-0.4, -0.2) is 16.5 Å². The molecule has 0 bridgehead atoms. The van der Waals surface area contributed by atoms with Crippen LogP contribution in [0.5, 0.6) is 0 Å². The first kappa shape index (κ1) is 12.6. The van der Waals surface area contributed by atoms with Crippen LogP contribution in [-0.2, 0) is 0 Å². The van der Waals surface area contributed by atoms with Crippen LogP contribution in [0.4, 0.5) is 0 Å². The van der Waals surface area contributed by atoms with Gasteiger partial charge in [0, 0.05) is 17.7 Å². The Balaban J connectivity index is 1.94. The number of allylic oxidation sites excluding steroid dienone is 1. The first-order valence-corrected chi connectivity index (χ1v) is 8.60. The van der Waals surface area contributed by atoms with Crippen LogP contribution in [0.2, 0.25) is 0 Å². The first-order valence-electron chi connectivity index (χ1n) is 7.61. The lowest BCUT2D eigenvalue weighted by molar-refractivity contribution is -0.549. The minimum Gasteiger partial charge on any atom is -0.259 e. The Morgan fingerprint density at radius 1 is 1.11 bits per heavy atom. The maximum atomic E-state index is 3.88. The van der Waals surface area contributed by atoms with Gasteiger partial charge in [0.15, 0.2) is 0 Å². The lowest BCUT2D eigenvalue weighted by atomic mass is 9.72. The summed E-state index contributed by atoms with van der Waals surface area (Å²) in [5.74, 6) is 1.15. The van der Waals surface area contributed by atoms with Crippen LogP contribution in [0, 0.1) is 0 Å². The second kappa shape index (κ2) is 5.28. The minimum atomic E-state index is 0.330. The molecular weight excluding hydrogens is 240 g/mol. The molecule has 0 radical (unpaired) electrons. The molecule has 1 fully saturated rings. The predicted molar refractivity (Wildman–Crippen MR) is 78.5 cm³/mol. The van der Waals surface area contributed by atoms with Crippen molar-refractivity contribution in [2.45, 2.75) is 70.3 Å². The van der Waals surface area contributed by atoms with Gasteiger partial charge in [-0.3, -0.25) is 4.99 Å². The molecule has 3 heteroatoms. The Kier molecular flexibility index (Phi) is 3.69. The topological polar surface area (TPSA) is 26.0 Å². The molecule has 0 atom stereocenters. The molecule has 18 heavy (non-hydrogen) atoms. The van der Waals surface area contributed by atoms with Gasteiger partial charge in [-0.15, -0.1) is 0 Å². The Morgan fingerprint density at radius 2 is 1.89 bits per heavy atom. The van der Waals surface area contributed by atoms with E-state index in [2.05, 4.69) is 17.2 Å². The van der Waals surface area contributed by atoms with E-state index in [4.69, 9.17) is 0 Å². The van der Waals surface area contributed by atoms with Crippen LogP contribution >= 0.6 is 11.8 Å². The van der Waals surface area contributed by atoms with Gasteiger partial charge in [0.25, 0.3) is 0 Å². The number of fused-ring (bicyclic) bond motifs is 1. The van der Waals surface area contributed by atoms with Crippen molar-refractivity contribution in [3.63, 3.8) is 0 Å². The molecule has 100 valence electrons. The fourth-order valence-corrected chi connectivity index (χ4v) is 4.58. The minimum absolute atomic E-state index is 0.330. The predicted octanol–water partition coefficient (Wildman–Crippen LogP) is 2.31. The largest absolute Gasteiger partial charge is 0.309 e. The normalized spacial score (nSPS) is 26.6. The lowest BCUT2D eigenvalue weighted by Crippen LogP contribution is -2.91. The molecule has 0 aromatic rings. The molecule has 3 rings (SSSR count). The van der Waals surface area contributed by atoms with Crippen molar-refractivity contribution in [1.82, 2.24) is 5.32 Å². The van der Waals surface area contributed by atoms with Crippen molar-refractivity contribution in [2.24, 2.45) is 0 Å². The van der Waals surface area contributed by atoms with Crippen LogP contribution in [0.15, 0.2) is 11.3 Å². The summed E-state index contributed by atoms with van der Waals surface area (Å²) in [6.07, 6.45) is 12.3. The highest BCUT2D eigenvalue weighted by Gasteiger charge is 2.44. The van der Waals surface area contributed by atoms with Crippen molar-refractivity contribution in [3.8, 4) is 0 Å². The summed E-state index contributed by atoms with van der Waals surface area (Å²) in [4.78, 5) is 3.88. The number of amidine groups is 1. The molecule has 1 spiro atoms. The Bertz CT molecular complexity index is 378. The van der Waals surface area contributed by atoms with Crippen molar-refractivity contribution in [1.29, 1.82) is 0 Å². The van der Waals surface area contributed by atoms with Crippen molar-refractivity contribution < 1.29 is 4.99 Å². The maximum absolute atomic E-state index is 3.88. The number of rotatable bonds is 1. The number of hydrogen-bond donors (Lipinski definition) is 2. The van der Waals surface area contributed by atoms with Gasteiger partial charge in [0.1, 0.15) is 11.2 Å². The fraction of sp³-hybridized carbons (Fsp3) is 0.800. The summed E-state index contributed by atoms with van der Waals surface area (Å²) >= 11 is 1.94. The molecule has 0 aromatic carbocycles. The van der Waals surface area contributed by atoms with E-state index in [0.717, 1.165) is 5.75 Å². The number of hydrogen-bond acceptors (Lipinski definition) is 2. The SMILES string of the molecule is CCSC1=[NH+]C2(CCCCC2)C2=C(CCCC2)N1. The second-order valence-corrected chi connectivity index (χ2v) is 7.09. The zero-order chi connectivity index (χ0) is 12.4. The summed E-state index contributed by atoms with van der Waals surface area (Å²) in [6.45, 7) is 2.24. The molecule has 0 saturated heterocycles. The van der Waals surface area contributed by atoms with E-state index in [9.17, 15) is 0 Å². The molecule has 2 nitrogen and oxygen atoms in total. The third kappa shape index (κ3) is 2.22. The van der Waals surface area contributed by atoms with Crippen molar-refractivity contribution in [3.05, 3.63) is 11.3 Å². The zero-order valence-electron chi connectivity index (χ0n) is 11.5. The van der Waals surface area contributed by atoms with E-state index < -0.39 is 0 Å². The average Bonchev–Trinajstić information content (AvgIpc) is 2.40. The van der Waals surface area contributed by atoms with Gasteiger partial charge in [-0.25, -0.2) is 5.32 Å². The molecule has 1 saturated carbocycles. The molecular formula is C15H25N2S+. The highest BCUT2D eigenvalue weighted by Crippen LogP contribution is 2.38. The van der Waals surface area contributed by atoms with E-state index in [1.165, 1.54) is 63.0 Å². The van der Waals surface area contributed by atoms with Crippen LogP contribution in [0.3, 0.4) is 0 Å². The van der Waals surface area contributed by atoms with Gasteiger partial charge in [-0.2, -0.15) is 0 Å².